The molecule has 0 N–H and O–H groups in total. The summed E-state index contributed by atoms with van der Waals surface area (Å²) in [5, 5.41) is 0. The SMILES string of the molecule is CC(C)(C)C(=O)C1CC1F. The lowest BCUT2D eigenvalue weighted by atomic mass is 9.88. The lowest BCUT2D eigenvalue weighted by Crippen LogP contribution is -2.22. The van der Waals surface area contributed by atoms with Gasteiger partial charge in [0.2, 0.25) is 0 Å². The highest BCUT2D eigenvalue weighted by molar-refractivity contribution is 5.88. The molecule has 0 aliphatic heterocycles. The summed E-state index contributed by atoms with van der Waals surface area (Å²) < 4.78 is 12.3. The number of halogens is 1. The zero-order valence-corrected chi connectivity index (χ0v) is 6.65. The highest BCUT2D eigenvalue weighted by atomic mass is 19.1. The molecular formula is C8H13FO. The van der Waals surface area contributed by atoms with Gasteiger partial charge in [0, 0.05) is 5.41 Å². The van der Waals surface area contributed by atoms with Crippen molar-refractivity contribution < 1.29 is 9.18 Å². The van der Waals surface area contributed by atoms with E-state index < -0.39 is 6.17 Å². The molecule has 0 saturated heterocycles. The third-order valence-corrected chi connectivity index (χ3v) is 1.79. The van der Waals surface area contributed by atoms with Crippen LogP contribution in [-0.4, -0.2) is 12.0 Å². The van der Waals surface area contributed by atoms with Gasteiger partial charge in [0.15, 0.2) is 0 Å². The first kappa shape index (κ1) is 7.70. The van der Waals surface area contributed by atoms with Crippen LogP contribution in [0.15, 0.2) is 0 Å². The Bertz CT molecular complexity index is 157. The summed E-state index contributed by atoms with van der Waals surface area (Å²) in [6.07, 6.45) is -0.387. The highest BCUT2D eigenvalue weighted by Crippen LogP contribution is 2.39. The summed E-state index contributed by atoms with van der Waals surface area (Å²) >= 11 is 0. The Hall–Kier alpha value is -0.400. The van der Waals surface area contributed by atoms with E-state index in [0.717, 1.165) is 0 Å². The van der Waals surface area contributed by atoms with E-state index in [0.29, 0.717) is 6.42 Å². The largest absolute Gasteiger partial charge is 0.299 e. The van der Waals surface area contributed by atoms with Gasteiger partial charge in [0.25, 0.3) is 0 Å². The smallest absolute Gasteiger partial charge is 0.144 e. The third kappa shape index (κ3) is 1.36. The number of hydrogen-bond acceptors (Lipinski definition) is 1. The molecule has 0 heterocycles. The minimum atomic E-state index is -0.841. The van der Waals surface area contributed by atoms with Crippen LogP contribution in [0.3, 0.4) is 0 Å². The molecule has 0 amide bonds. The normalized spacial score (nSPS) is 32.0. The molecule has 2 unspecified atom stereocenters. The first-order valence-corrected chi connectivity index (χ1v) is 3.61. The fraction of sp³-hybridized carbons (Fsp3) is 0.875. The quantitative estimate of drug-likeness (QED) is 0.549. The Balaban J connectivity index is 2.51. The fourth-order valence-electron chi connectivity index (χ4n) is 0.991. The predicted molar refractivity (Wildman–Crippen MR) is 37.5 cm³/mol. The average Bonchev–Trinajstić information content (AvgIpc) is 2.42. The molecule has 0 aromatic rings. The van der Waals surface area contributed by atoms with Crippen molar-refractivity contribution >= 4 is 5.78 Å². The van der Waals surface area contributed by atoms with E-state index in [-0.39, 0.29) is 17.1 Å². The topological polar surface area (TPSA) is 17.1 Å². The van der Waals surface area contributed by atoms with Crippen molar-refractivity contribution in [2.24, 2.45) is 11.3 Å². The summed E-state index contributed by atoms with van der Waals surface area (Å²) in [6, 6.07) is 0. The Morgan fingerprint density at radius 3 is 2.00 bits per heavy atom. The van der Waals surface area contributed by atoms with Crippen LogP contribution in [0.5, 0.6) is 0 Å². The number of hydrogen-bond donors (Lipinski definition) is 0. The van der Waals surface area contributed by atoms with E-state index in [1.54, 1.807) is 0 Å². The summed E-state index contributed by atoms with van der Waals surface area (Å²) in [4.78, 5) is 11.2. The van der Waals surface area contributed by atoms with Gasteiger partial charge in [-0.15, -0.1) is 0 Å². The molecule has 0 aromatic carbocycles. The maximum atomic E-state index is 12.3. The van der Waals surface area contributed by atoms with Crippen molar-refractivity contribution in [3.05, 3.63) is 0 Å². The fourth-order valence-corrected chi connectivity index (χ4v) is 0.991. The highest BCUT2D eigenvalue weighted by Gasteiger charge is 2.46. The molecule has 1 saturated carbocycles. The number of carbonyl (C=O) groups is 1. The van der Waals surface area contributed by atoms with Crippen LogP contribution >= 0.6 is 0 Å². The maximum Gasteiger partial charge on any atom is 0.144 e. The summed E-state index contributed by atoms with van der Waals surface area (Å²) in [5.74, 6) is -0.208. The van der Waals surface area contributed by atoms with E-state index in [1.807, 2.05) is 20.8 Å². The number of Topliss-reactive ketones (excluding diaryl/α,β-unsaturated/α-hetero) is 1. The zero-order chi connectivity index (χ0) is 7.94. The molecule has 1 rings (SSSR count). The monoisotopic (exact) mass is 144 g/mol. The van der Waals surface area contributed by atoms with E-state index in [1.165, 1.54) is 0 Å². The van der Waals surface area contributed by atoms with Gasteiger partial charge in [-0.05, 0) is 6.42 Å². The van der Waals surface area contributed by atoms with Gasteiger partial charge in [-0.1, -0.05) is 20.8 Å². The van der Waals surface area contributed by atoms with Gasteiger partial charge in [-0.25, -0.2) is 4.39 Å². The van der Waals surface area contributed by atoms with Gasteiger partial charge in [-0.2, -0.15) is 0 Å². The van der Waals surface area contributed by atoms with Crippen LogP contribution in [0.1, 0.15) is 27.2 Å². The van der Waals surface area contributed by atoms with E-state index in [2.05, 4.69) is 0 Å². The standard InChI is InChI=1S/C8H13FO/c1-8(2,3)7(10)5-4-6(5)9/h5-6H,4H2,1-3H3. The minimum absolute atomic E-state index is 0.0694. The average molecular weight is 144 g/mol. The number of alkyl halides is 1. The van der Waals surface area contributed by atoms with E-state index in [9.17, 15) is 9.18 Å². The Morgan fingerprint density at radius 2 is 1.90 bits per heavy atom. The van der Waals surface area contributed by atoms with Crippen LogP contribution in [0.25, 0.3) is 0 Å². The summed E-state index contributed by atoms with van der Waals surface area (Å²) in [5.41, 5.74) is -0.356. The maximum absolute atomic E-state index is 12.3. The van der Waals surface area contributed by atoms with Crippen LogP contribution in [0.2, 0.25) is 0 Å². The van der Waals surface area contributed by atoms with Crippen LogP contribution in [0, 0.1) is 11.3 Å². The van der Waals surface area contributed by atoms with Gasteiger partial charge in [0.1, 0.15) is 12.0 Å². The van der Waals surface area contributed by atoms with Crippen LogP contribution < -0.4 is 0 Å². The second-order valence-electron chi connectivity index (χ2n) is 3.97. The Kier molecular flexibility index (Phi) is 1.57. The van der Waals surface area contributed by atoms with Gasteiger partial charge < -0.3 is 0 Å². The van der Waals surface area contributed by atoms with Crippen molar-refractivity contribution in [1.82, 2.24) is 0 Å². The number of ketones is 1. The minimum Gasteiger partial charge on any atom is -0.299 e. The molecule has 1 nitrogen and oxygen atoms in total. The van der Waals surface area contributed by atoms with Crippen molar-refractivity contribution in [3.8, 4) is 0 Å². The molecule has 0 spiro atoms. The first-order chi connectivity index (χ1) is 4.43. The van der Waals surface area contributed by atoms with E-state index in [4.69, 9.17) is 0 Å². The van der Waals surface area contributed by atoms with Crippen molar-refractivity contribution in [3.63, 3.8) is 0 Å². The van der Waals surface area contributed by atoms with Crippen LogP contribution in [-0.2, 0) is 4.79 Å². The molecule has 2 atom stereocenters. The van der Waals surface area contributed by atoms with Crippen molar-refractivity contribution in [2.75, 3.05) is 0 Å². The van der Waals surface area contributed by atoms with Gasteiger partial charge >= 0.3 is 0 Å². The third-order valence-electron chi connectivity index (χ3n) is 1.79. The Labute approximate surface area is 60.6 Å². The molecule has 0 bridgehead atoms. The molecular weight excluding hydrogens is 131 g/mol. The molecule has 1 fully saturated rings. The predicted octanol–water partition coefficient (Wildman–Crippen LogP) is 1.96. The van der Waals surface area contributed by atoms with Crippen molar-refractivity contribution in [1.29, 1.82) is 0 Å². The second-order valence-corrected chi connectivity index (χ2v) is 3.97. The summed E-state index contributed by atoms with van der Waals surface area (Å²) in [7, 11) is 0. The zero-order valence-electron chi connectivity index (χ0n) is 6.65. The lowest BCUT2D eigenvalue weighted by molar-refractivity contribution is -0.127. The van der Waals surface area contributed by atoms with Gasteiger partial charge in [0.05, 0.1) is 5.92 Å². The Morgan fingerprint density at radius 1 is 1.50 bits per heavy atom. The van der Waals surface area contributed by atoms with Crippen LogP contribution in [0.4, 0.5) is 4.39 Å². The molecule has 0 aromatic heterocycles. The molecule has 1 aliphatic rings. The molecule has 10 heavy (non-hydrogen) atoms. The number of rotatable bonds is 1. The first-order valence-electron chi connectivity index (χ1n) is 3.61. The molecule has 0 radical (unpaired) electrons. The van der Waals surface area contributed by atoms with E-state index >= 15 is 0 Å². The number of carbonyl (C=O) groups excluding carboxylic acids is 1. The lowest BCUT2D eigenvalue weighted by Gasteiger charge is -2.15. The molecule has 2 heteroatoms. The summed E-state index contributed by atoms with van der Waals surface area (Å²) in [6.45, 7) is 5.50. The molecule has 1 aliphatic carbocycles. The van der Waals surface area contributed by atoms with Crippen molar-refractivity contribution in [2.45, 2.75) is 33.4 Å². The molecule has 58 valence electrons. The second kappa shape index (κ2) is 2.04. The van der Waals surface area contributed by atoms with Gasteiger partial charge in [-0.3, -0.25) is 4.79 Å².